The number of primary amides is 1. The molecule has 88 valence electrons. The topological polar surface area (TPSA) is 43.1 Å². The minimum absolute atomic E-state index is 0.314. The predicted molar refractivity (Wildman–Crippen MR) is 58.4 cm³/mol. The van der Waals surface area contributed by atoms with E-state index in [9.17, 15) is 13.6 Å². The van der Waals surface area contributed by atoms with Crippen molar-refractivity contribution in [3.8, 4) is 0 Å². The van der Waals surface area contributed by atoms with E-state index in [-0.39, 0.29) is 0 Å². The lowest BCUT2D eigenvalue weighted by atomic mass is 9.93. The van der Waals surface area contributed by atoms with E-state index in [1.54, 1.807) is 13.8 Å². The Bertz CT molecular complexity index is 441. The van der Waals surface area contributed by atoms with E-state index < -0.39 is 23.1 Å². The van der Waals surface area contributed by atoms with Gasteiger partial charge in [0.05, 0.1) is 0 Å². The molecule has 0 heterocycles. The minimum atomic E-state index is -1.06. The standard InChI is InChI=1S/C12H15F2NO/c1-4-7-6(3)10(13)9(12(15)16)11(14)8(7)5-2/h4-5H2,1-3H3,(H2,15,16). The van der Waals surface area contributed by atoms with Crippen molar-refractivity contribution in [2.75, 3.05) is 0 Å². The number of carbonyl (C=O) groups excluding carboxylic acids is 1. The molecule has 0 aromatic heterocycles. The van der Waals surface area contributed by atoms with Crippen molar-refractivity contribution < 1.29 is 13.6 Å². The number of carbonyl (C=O) groups is 1. The van der Waals surface area contributed by atoms with Gasteiger partial charge in [0.25, 0.3) is 5.91 Å². The molecule has 1 amide bonds. The number of amides is 1. The first kappa shape index (κ1) is 12.6. The molecule has 0 saturated heterocycles. The van der Waals surface area contributed by atoms with Gasteiger partial charge in [0.15, 0.2) is 0 Å². The van der Waals surface area contributed by atoms with Gasteiger partial charge in [0.1, 0.15) is 17.2 Å². The molecule has 0 unspecified atom stereocenters. The van der Waals surface area contributed by atoms with E-state index in [1.807, 2.05) is 6.92 Å². The highest BCUT2D eigenvalue weighted by Crippen LogP contribution is 2.26. The van der Waals surface area contributed by atoms with Crippen LogP contribution >= 0.6 is 0 Å². The van der Waals surface area contributed by atoms with Crippen LogP contribution in [-0.4, -0.2) is 5.91 Å². The van der Waals surface area contributed by atoms with Gasteiger partial charge in [0, 0.05) is 0 Å². The van der Waals surface area contributed by atoms with Crippen LogP contribution in [0.25, 0.3) is 0 Å². The van der Waals surface area contributed by atoms with Gasteiger partial charge >= 0.3 is 0 Å². The number of halogens is 2. The molecule has 0 saturated carbocycles. The van der Waals surface area contributed by atoms with E-state index in [1.165, 1.54) is 0 Å². The van der Waals surface area contributed by atoms with Crippen LogP contribution in [0.2, 0.25) is 0 Å². The van der Waals surface area contributed by atoms with E-state index in [2.05, 4.69) is 0 Å². The first-order chi connectivity index (χ1) is 7.45. The normalized spacial score (nSPS) is 10.6. The molecule has 0 bridgehead atoms. The molecular weight excluding hydrogens is 212 g/mol. The molecule has 2 N–H and O–H groups in total. The number of hydrogen-bond acceptors (Lipinski definition) is 1. The van der Waals surface area contributed by atoms with Crippen molar-refractivity contribution in [3.63, 3.8) is 0 Å². The van der Waals surface area contributed by atoms with Gasteiger partial charge in [0.2, 0.25) is 0 Å². The molecule has 0 aliphatic rings. The van der Waals surface area contributed by atoms with Crippen molar-refractivity contribution in [2.24, 2.45) is 5.73 Å². The third-order valence-electron chi connectivity index (χ3n) is 2.80. The summed E-state index contributed by atoms with van der Waals surface area (Å²) >= 11 is 0. The lowest BCUT2D eigenvalue weighted by molar-refractivity contribution is 0.0992. The maximum Gasteiger partial charge on any atom is 0.254 e. The predicted octanol–water partition coefficient (Wildman–Crippen LogP) is 2.50. The van der Waals surface area contributed by atoms with Crippen LogP contribution in [0.15, 0.2) is 0 Å². The molecule has 1 rings (SSSR count). The van der Waals surface area contributed by atoms with Crippen molar-refractivity contribution >= 4 is 5.91 Å². The summed E-state index contributed by atoms with van der Waals surface area (Å²) < 4.78 is 27.6. The van der Waals surface area contributed by atoms with Crippen molar-refractivity contribution in [2.45, 2.75) is 33.6 Å². The highest BCUT2D eigenvalue weighted by molar-refractivity contribution is 5.94. The third-order valence-corrected chi connectivity index (χ3v) is 2.80. The summed E-state index contributed by atoms with van der Waals surface area (Å²) in [7, 11) is 0. The zero-order chi connectivity index (χ0) is 12.5. The fourth-order valence-corrected chi connectivity index (χ4v) is 1.99. The van der Waals surface area contributed by atoms with Crippen LogP contribution in [-0.2, 0) is 12.8 Å². The van der Waals surface area contributed by atoms with Crippen molar-refractivity contribution in [3.05, 3.63) is 33.9 Å². The number of rotatable bonds is 3. The zero-order valence-electron chi connectivity index (χ0n) is 9.66. The molecule has 0 aliphatic heterocycles. The Morgan fingerprint density at radius 1 is 1.12 bits per heavy atom. The molecule has 2 nitrogen and oxygen atoms in total. The smallest absolute Gasteiger partial charge is 0.254 e. The minimum Gasteiger partial charge on any atom is -0.365 e. The summed E-state index contributed by atoms with van der Waals surface area (Å²) in [5.74, 6) is -2.70. The second-order valence-electron chi connectivity index (χ2n) is 3.66. The van der Waals surface area contributed by atoms with Gasteiger partial charge in [-0.1, -0.05) is 13.8 Å². The largest absolute Gasteiger partial charge is 0.365 e. The highest BCUT2D eigenvalue weighted by Gasteiger charge is 2.23. The lowest BCUT2D eigenvalue weighted by Crippen LogP contribution is -2.19. The Kier molecular flexibility index (Phi) is 3.62. The molecule has 0 atom stereocenters. The number of hydrogen-bond donors (Lipinski definition) is 1. The van der Waals surface area contributed by atoms with Crippen molar-refractivity contribution in [1.82, 2.24) is 0 Å². The van der Waals surface area contributed by atoms with Crippen LogP contribution in [0.1, 0.15) is 40.9 Å². The summed E-state index contributed by atoms with van der Waals surface area (Å²) in [5, 5.41) is 0. The third kappa shape index (κ3) is 1.79. The lowest BCUT2D eigenvalue weighted by Gasteiger charge is -2.14. The molecule has 0 radical (unpaired) electrons. The van der Waals surface area contributed by atoms with Gasteiger partial charge in [-0.15, -0.1) is 0 Å². The maximum absolute atomic E-state index is 13.9. The quantitative estimate of drug-likeness (QED) is 0.847. The van der Waals surface area contributed by atoms with Crippen LogP contribution in [0.5, 0.6) is 0 Å². The number of benzene rings is 1. The van der Waals surface area contributed by atoms with Crippen LogP contribution in [0.3, 0.4) is 0 Å². The molecule has 0 aliphatic carbocycles. The SMILES string of the molecule is CCc1c(C)c(F)c(C(N)=O)c(F)c1CC. The van der Waals surface area contributed by atoms with Gasteiger partial charge in [-0.25, -0.2) is 8.78 Å². The first-order valence-corrected chi connectivity index (χ1v) is 5.24. The summed E-state index contributed by atoms with van der Waals surface area (Å²) in [5.41, 5.74) is 5.69. The Balaban J connectivity index is 3.69. The van der Waals surface area contributed by atoms with Crippen LogP contribution < -0.4 is 5.73 Å². The Morgan fingerprint density at radius 3 is 2.00 bits per heavy atom. The highest BCUT2D eigenvalue weighted by atomic mass is 19.1. The molecule has 0 fully saturated rings. The van der Waals surface area contributed by atoms with Gasteiger partial charge < -0.3 is 5.73 Å². The molecule has 0 spiro atoms. The first-order valence-electron chi connectivity index (χ1n) is 5.24. The van der Waals surface area contributed by atoms with Gasteiger partial charge in [-0.05, 0) is 36.5 Å². The molecule has 4 heteroatoms. The second-order valence-corrected chi connectivity index (χ2v) is 3.66. The van der Waals surface area contributed by atoms with Gasteiger partial charge in [-0.2, -0.15) is 0 Å². The monoisotopic (exact) mass is 227 g/mol. The van der Waals surface area contributed by atoms with Crippen LogP contribution in [0, 0.1) is 18.6 Å². The molecule has 1 aromatic carbocycles. The summed E-state index contributed by atoms with van der Waals surface area (Å²) in [6.45, 7) is 5.13. The second kappa shape index (κ2) is 4.60. The Morgan fingerprint density at radius 2 is 1.62 bits per heavy atom. The fraction of sp³-hybridized carbons (Fsp3) is 0.417. The summed E-state index contributed by atoms with van der Waals surface area (Å²) in [6, 6.07) is 0. The molecule has 16 heavy (non-hydrogen) atoms. The van der Waals surface area contributed by atoms with E-state index >= 15 is 0 Å². The zero-order valence-corrected chi connectivity index (χ0v) is 9.66. The molecule has 1 aromatic rings. The van der Waals surface area contributed by atoms with E-state index in [4.69, 9.17) is 5.73 Å². The van der Waals surface area contributed by atoms with Gasteiger partial charge in [-0.3, -0.25) is 4.79 Å². The molecular formula is C12H15F2NO. The van der Waals surface area contributed by atoms with Crippen LogP contribution in [0.4, 0.5) is 8.78 Å². The summed E-state index contributed by atoms with van der Waals surface area (Å²) in [4.78, 5) is 11.0. The summed E-state index contributed by atoms with van der Waals surface area (Å²) in [6.07, 6.45) is 0.943. The fourth-order valence-electron chi connectivity index (χ4n) is 1.99. The van der Waals surface area contributed by atoms with Crippen molar-refractivity contribution in [1.29, 1.82) is 0 Å². The Hall–Kier alpha value is -1.45. The average molecular weight is 227 g/mol. The van der Waals surface area contributed by atoms with E-state index in [0.717, 1.165) is 0 Å². The number of nitrogens with two attached hydrogens (primary N) is 1. The van der Waals surface area contributed by atoms with E-state index in [0.29, 0.717) is 29.5 Å². The maximum atomic E-state index is 13.9. The average Bonchev–Trinajstić information content (AvgIpc) is 2.22. The Labute approximate surface area is 93.5 Å².